The number of rotatable bonds is 2. The molecule has 7 nitrogen and oxygen atoms in total. The zero-order chi connectivity index (χ0) is 14.4. The van der Waals surface area contributed by atoms with E-state index in [1.165, 1.54) is 12.4 Å². The van der Waals surface area contributed by atoms with Crippen molar-refractivity contribution < 1.29 is 4.79 Å². The lowest BCUT2D eigenvalue weighted by Gasteiger charge is -2.03. The van der Waals surface area contributed by atoms with Crippen molar-refractivity contribution >= 4 is 11.7 Å². The van der Waals surface area contributed by atoms with Crippen LogP contribution in [0.15, 0.2) is 35.5 Å². The van der Waals surface area contributed by atoms with Crippen LogP contribution >= 0.6 is 0 Å². The summed E-state index contributed by atoms with van der Waals surface area (Å²) in [5, 5.41) is 2.56. The van der Waals surface area contributed by atoms with Crippen LogP contribution in [0.25, 0.3) is 0 Å². The fraction of sp³-hybridized carbons (Fsp3) is 0.0769. The molecule has 0 saturated carbocycles. The van der Waals surface area contributed by atoms with Crippen molar-refractivity contribution in [2.24, 2.45) is 5.73 Å². The number of nitrogens with zero attached hydrogens (tertiary/aromatic N) is 2. The number of hydrogen-bond acceptors (Lipinski definition) is 5. The van der Waals surface area contributed by atoms with Gasteiger partial charge in [0.25, 0.3) is 11.5 Å². The van der Waals surface area contributed by atoms with Gasteiger partial charge in [-0.2, -0.15) is 0 Å². The molecule has 0 aliphatic rings. The van der Waals surface area contributed by atoms with Crippen LogP contribution in [-0.2, 0) is 0 Å². The van der Waals surface area contributed by atoms with Crippen LogP contribution in [0.5, 0.6) is 0 Å². The molecule has 1 amide bonds. The highest BCUT2D eigenvalue weighted by atomic mass is 16.2. The number of pyridine rings is 1. The normalized spacial score (nSPS) is 9.45. The Morgan fingerprint density at radius 1 is 1.45 bits per heavy atom. The quantitative estimate of drug-likeness (QED) is 0.649. The number of carbonyl (C=O) groups excluding carboxylic acids is 1. The fourth-order valence-corrected chi connectivity index (χ4v) is 1.38. The number of aromatic nitrogens is 3. The van der Waals surface area contributed by atoms with Gasteiger partial charge in [-0.3, -0.25) is 9.59 Å². The van der Waals surface area contributed by atoms with Crippen molar-refractivity contribution in [1.29, 1.82) is 0 Å². The summed E-state index contributed by atoms with van der Waals surface area (Å²) in [7, 11) is 0. The zero-order valence-electron chi connectivity index (χ0n) is 10.4. The number of anilines is 1. The van der Waals surface area contributed by atoms with Gasteiger partial charge in [0, 0.05) is 18.0 Å². The Bertz CT molecular complexity index is 722. The van der Waals surface area contributed by atoms with Gasteiger partial charge in [-0.15, -0.1) is 0 Å². The third kappa shape index (κ3) is 3.51. The third-order valence-corrected chi connectivity index (χ3v) is 2.24. The van der Waals surface area contributed by atoms with Gasteiger partial charge in [0.2, 0.25) is 0 Å². The molecule has 2 aromatic heterocycles. The zero-order valence-corrected chi connectivity index (χ0v) is 10.4. The molecule has 0 aliphatic carbocycles. The molecular formula is C13H11N5O2. The standard InChI is InChI=1S/C13H11N5O2/c14-4-1-2-9-3-5-15-11(6-9)18-13(20)10-7-17-12(19)8-16-10/h3,5-8H,4,14H2,(H,17,19)(H,15,18,20). The maximum atomic E-state index is 11.9. The summed E-state index contributed by atoms with van der Waals surface area (Å²) in [5.41, 5.74) is 5.69. The van der Waals surface area contributed by atoms with Gasteiger partial charge in [0.05, 0.1) is 12.7 Å². The maximum Gasteiger partial charge on any atom is 0.276 e. The Morgan fingerprint density at radius 3 is 3.00 bits per heavy atom. The maximum absolute atomic E-state index is 11.9. The molecule has 7 heteroatoms. The summed E-state index contributed by atoms with van der Waals surface area (Å²) in [6, 6.07) is 3.32. The Morgan fingerprint density at radius 2 is 2.30 bits per heavy atom. The van der Waals surface area contributed by atoms with Gasteiger partial charge < -0.3 is 16.0 Å². The summed E-state index contributed by atoms with van der Waals surface area (Å²) in [4.78, 5) is 32.8. The molecule has 0 saturated heterocycles. The van der Waals surface area contributed by atoms with Crippen LogP contribution < -0.4 is 16.6 Å². The molecule has 100 valence electrons. The molecule has 4 N–H and O–H groups in total. The molecule has 0 aliphatic heterocycles. The van der Waals surface area contributed by atoms with Crippen molar-refractivity contribution in [2.75, 3.05) is 11.9 Å². The molecule has 0 fully saturated rings. The highest BCUT2D eigenvalue weighted by Crippen LogP contribution is 2.06. The summed E-state index contributed by atoms with van der Waals surface area (Å²) >= 11 is 0. The molecule has 2 heterocycles. The minimum absolute atomic E-state index is 0.0878. The van der Waals surface area contributed by atoms with Gasteiger partial charge in [-0.1, -0.05) is 11.8 Å². The van der Waals surface area contributed by atoms with Crippen molar-refractivity contribution in [2.45, 2.75) is 0 Å². The van der Waals surface area contributed by atoms with E-state index in [1.807, 2.05) is 0 Å². The second-order valence-electron chi connectivity index (χ2n) is 3.69. The molecule has 0 aromatic carbocycles. The van der Waals surface area contributed by atoms with E-state index in [9.17, 15) is 9.59 Å². The summed E-state index contributed by atoms with van der Waals surface area (Å²) in [5.74, 6) is 5.41. The largest absolute Gasteiger partial charge is 0.325 e. The minimum atomic E-state index is -0.474. The van der Waals surface area contributed by atoms with Crippen LogP contribution in [0.4, 0.5) is 5.82 Å². The van der Waals surface area contributed by atoms with E-state index in [0.29, 0.717) is 11.4 Å². The first-order valence-corrected chi connectivity index (χ1v) is 5.70. The number of hydrogen-bond donors (Lipinski definition) is 3. The molecule has 0 unspecified atom stereocenters. The predicted molar refractivity (Wildman–Crippen MR) is 73.0 cm³/mol. The van der Waals surface area contributed by atoms with Crippen LogP contribution in [0.2, 0.25) is 0 Å². The average molecular weight is 269 g/mol. The first-order valence-electron chi connectivity index (χ1n) is 5.70. The number of nitrogens with one attached hydrogen (secondary N) is 2. The summed E-state index contributed by atoms with van der Waals surface area (Å²) in [6.07, 6.45) is 3.79. The highest BCUT2D eigenvalue weighted by Gasteiger charge is 2.08. The highest BCUT2D eigenvalue weighted by molar-refractivity contribution is 6.02. The Balaban J connectivity index is 2.15. The number of H-pyrrole nitrogens is 1. The lowest BCUT2D eigenvalue weighted by Crippen LogP contribution is -2.17. The van der Waals surface area contributed by atoms with Crippen LogP contribution in [0, 0.1) is 11.8 Å². The van der Waals surface area contributed by atoms with Gasteiger partial charge in [-0.25, -0.2) is 9.97 Å². The van der Waals surface area contributed by atoms with Gasteiger partial charge in [0.15, 0.2) is 0 Å². The summed E-state index contributed by atoms with van der Waals surface area (Å²) in [6.45, 7) is 0.255. The van der Waals surface area contributed by atoms with Crippen LogP contribution in [-0.4, -0.2) is 27.4 Å². The molecule has 0 bridgehead atoms. The monoisotopic (exact) mass is 269 g/mol. The predicted octanol–water partition coefficient (Wildman–Crippen LogP) is -0.273. The molecule has 0 radical (unpaired) electrons. The van der Waals surface area contributed by atoms with Gasteiger partial charge in [-0.05, 0) is 12.1 Å². The van der Waals surface area contributed by atoms with E-state index >= 15 is 0 Å². The van der Waals surface area contributed by atoms with E-state index in [4.69, 9.17) is 5.73 Å². The molecular weight excluding hydrogens is 258 g/mol. The smallest absolute Gasteiger partial charge is 0.276 e. The number of amides is 1. The van der Waals surface area contributed by atoms with E-state index in [0.717, 1.165) is 6.20 Å². The van der Waals surface area contributed by atoms with E-state index in [2.05, 4.69) is 32.1 Å². The lowest BCUT2D eigenvalue weighted by atomic mass is 10.2. The fourth-order valence-electron chi connectivity index (χ4n) is 1.38. The average Bonchev–Trinajstić information content (AvgIpc) is 2.46. The number of carbonyl (C=O) groups is 1. The van der Waals surface area contributed by atoms with E-state index in [1.54, 1.807) is 12.1 Å². The van der Waals surface area contributed by atoms with Gasteiger partial charge in [0.1, 0.15) is 11.5 Å². The van der Waals surface area contributed by atoms with Crippen molar-refractivity contribution in [3.05, 3.63) is 52.3 Å². The van der Waals surface area contributed by atoms with Gasteiger partial charge >= 0.3 is 0 Å². The first kappa shape index (κ1) is 13.5. The lowest BCUT2D eigenvalue weighted by molar-refractivity contribution is 0.102. The molecule has 0 spiro atoms. The number of nitrogens with two attached hydrogens (primary N) is 1. The van der Waals surface area contributed by atoms with E-state index < -0.39 is 5.91 Å². The molecule has 2 rings (SSSR count). The molecule has 2 aromatic rings. The van der Waals surface area contributed by atoms with Crippen LogP contribution in [0.1, 0.15) is 16.1 Å². The van der Waals surface area contributed by atoms with E-state index in [-0.39, 0.29) is 17.8 Å². The van der Waals surface area contributed by atoms with Crippen molar-refractivity contribution in [3.8, 4) is 11.8 Å². The third-order valence-electron chi connectivity index (χ3n) is 2.24. The van der Waals surface area contributed by atoms with Crippen molar-refractivity contribution in [1.82, 2.24) is 15.0 Å². The SMILES string of the molecule is NCC#Cc1ccnc(NC(=O)c2c[nH]c(=O)cn2)c1. The van der Waals surface area contributed by atoms with Crippen molar-refractivity contribution in [3.63, 3.8) is 0 Å². The number of aromatic amines is 1. The Hall–Kier alpha value is -2.98. The molecule has 0 atom stereocenters. The molecule has 20 heavy (non-hydrogen) atoms. The minimum Gasteiger partial charge on any atom is -0.325 e. The topological polar surface area (TPSA) is 114 Å². The van der Waals surface area contributed by atoms with Crippen LogP contribution in [0.3, 0.4) is 0 Å². The Labute approximate surface area is 114 Å². The first-order chi connectivity index (χ1) is 9.69. The second kappa shape index (κ2) is 6.26. The Kier molecular flexibility index (Phi) is 4.21. The summed E-state index contributed by atoms with van der Waals surface area (Å²) < 4.78 is 0. The second-order valence-corrected chi connectivity index (χ2v) is 3.69.